The first-order valence-corrected chi connectivity index (χ1v) is 7.45. The normalized spacial score (nSPS) is 12.5. The minimum absolute atomic E-state index is 0.00152. The molecule has 0 aliphatic carbocycles. The van der Waals surface area contributed by atoms with E-state index in [1.807, 2.05) is 32.0 Å². The third-order valence-electron chi connectivity index (χ3n) is 3.42. The van der Waals surface area contributed by atoms with Crippen molar-refractivity contribution in [1.29, 1.82) is 0 Å². The van der Waals surface area contributed by atoms with E-state index in [1.54, 1.807) is 12.1 Å². The maximum absolute atomic E-state index is 14.0. The minimum atomic E-state index is -0.914. The topological polar surface area (TPSA) is 20.2 Å². The van der Waals surface area contributed by atoms with Crippen LogP contribution in [0.2, 0.25) is 5.02 Å². The lowest BCUT2D eigenvalue weighted by Gasteiger charge is -2.14. The number of aliphatic hydroxyl groups excluding tert-OH is 1. The van der Waals surface area contributed by atoms with Gasteiger partial charge in [0, 0.05) is 16.5 Å². The van der Waals surface area contributed by atoms with Gasteiger partial charge in [-0.2, -0.15) is 0 Å². The molecule has 2 rings (SSSR count). The van der Waals surface area contributed by atoms with E-state index in [0.29, 0.717) is 10.9 Å². The fourth-order valence-corrected chi connectivity index (χ4v) is 2.54. The Morgan fingerprint density at radius 3 is 2.55 bits per heavy atom. The number of rotatable bonds is 3. The van der Waals surface area contributed by atoms with Crippen LogP contribution in [0.1, 0.15) is 28.4 Å². The molecule has 0 aliphatic heterocycles. The van der Waals surface area contributed by atoms with Crippen molar-refractivity contribution in [3.8, 4) is 0 Å². The molecule has 2 aromatic carbocycles. The first kappa shape index (κ1) is 15.5. The molecule has 4 heteroatoms. The van der Waals surface area contributed by atoms with Crippen LogP contribution in [-0.4, -0.2) is 5.11 Å². The van der Waals surface area contributed by atoms with E-state index in [0.717, 1.165) is 11.1 Å². The molecule has 1 atom stereocenters. The molecule has 106 valence electrons. The van der Waals surface area contributed by atoms with Gasteiger partial charge >= 0.3 is 0 Å². The quantitative estimate of drug-likeness (QED) is 0.755. The Hall–Kier alpha value is -0.900. The summed E-state index contributed by atoms with van der Waals surface area (Å²) in [7, 11) is 0. The highest BCUT2D eigenvalue weighted by Crippen LogP contribution is 2.31. The van der Waals surface area contributed by atoms with Crippen LogP contribution in [0.5, 0.6) is 0 Å². The Bertz CT molecular complexity index is 643. The summed E-state index contributed by atoms with van der Waals surface area (Å²) in [5.41, 5.74) is 3.54. The Morgan fingerprint density at radius 1 is 1.20 bits per heavy atom. The van der Waals surface area contributed by atoms with Crippen LogP contribution >= 0.6 is 27.5 Å². The van der Waals surface area contributed by atoms with Crippen molar-refractivity contribution in [2.24, 2.45) is 0 Å². The van der Waals surface area contributed by atoms with E-state index in [9.17, 15) is 9.50 Å². The molecule has 0 amide bonds. The Morgan fingerprint density at radius 2 is 1.90 bits per heavy atom. The van der Waals surface area contributed by atoms with Crippen molar-refractivity contribution in [3.63, 3.8) is 0 Å². The molecule has 0 aromatic heterocycles. The van der Waals surface area contributed by atoms with Crippen LogP contribution in [-0.2, 0) is 6.42 Å². The maximum atomic E-state index is 14.0. The zero-order valence-electron chi connectivity index (χ0n) is 11.3. The first-order chi connectivity index (χ1) is 9.40. The lowest BCUT2D eigenvalue weighted by molar-refractivity contribution is 0.173. The average Bonchev–Trinajstić information content (AvgIpc) is 2.40. The molecule has 20 heavy (non-hydrogen) atoms. The second kappa shape index (κ2) is 6.25. The number of hydrogen-bond donors (Lipinski definition) is 1. The van der Waals surface area contributed by atoms with Crippen LogP contribution in [0.4, 0.5) is 4.39 Å². The highest BCUT2D eigenvalue weighted by atomic mass is 79.9. The van der Waals surface area contributed by atoms with Crippen LogP contribution in [0.15, 0.2) is 34.8 Å². The van der Waals surface area contributed by atoms with E-state index in [1.165, 1.54) is 5.56 Å². The van der Waals surface area contributed by atoms with Gasteiger partial charge in [0.05, 0.1) is 11.1 Å². The molecule has 0 aliphatic rings. The summed E-state index contributed by atoms with van der Waals surface area (Å²) >= 11 is 9.00. The molecule has 0 bridgehead atoms. The van der Waals surface area contributed by atoms with Crippen molar-refractivity contribution in [2.45, 2.75) is 26.4 Å². The highest BCUT2D eigenvalue weighted by molar-refractivity contribution is 9.10. The van der Waals surface area contributed by atoms with Gasteiger partial charge in [0.2, 0.25) is 0 Å². The summed E-state index contributed by atoms with van der Waals surface area (Å²) in [5.74, 6) is -0.572. The van der Waals surface area contributed by atoms with Crippen molar-refractivity contribution >= 4 is 27.5 Å². The van der Waals surface area contributed by atoms with Gasteiger partial charge in [-0.15, -0.1) is 0 Å². The predicted molar refractivity (Wildman–Crippen MR) is 83.7 cm³/mol. The number of halogens is 3. The zero-order chi connectivity index (χ0) is 14.9. The maximum Gasteiger partial charge on any atom is 0.148 e. The van der Waals surface area contributed by atoms with E-state index in [-0.39, 0.29) is 10.6 Å². The molecular weight excluding hydrogens is 343 g/mol. The Labute approximate surface area is 131 Å². The van der Waals surface area contributed by atoms with E-state index in [4.69, 9.17) is 11.6 Å². The summed E-state index contributed by atoms with van der Waals surface area (Å²) in [5, 5.41) is 10.2. The van der Waals surface area contributed by atoms with Crippen LogP contribution < -0.4 is 0 Å². The van der Waals surface area contributed by atoms with Crippen LogP contribution in [0.3, 0.4) is 0 Å². The molecule has 0 spiro atoms. The summed E-state index contributed by atoms with van der Waals surface area (Å²) in [4.78, 5) is 0. The summed E-state index contributed by atoms with van der Waals surface area (Å²) in [6, 6.07) is 9.16. The van der Waals surface area contributed by atoms with Crippen LogP contribution in [0, 0.1) is 19.7 Å². The second-order valence-corrected chi connectivity index (χ2v) is 6.14. The summed E-state index contributed by atoms with van der Waals surface area (Å²) in [6.45, 7) is 4.05. The van der Waals surface area contributed by atoms with Crippen molar-refractivity contribution < 1.29 is 9.50 Å². The van der Waals surface area contributed by atoms with Gasteiger partial charge in [-0.1, -0.05) is 35.9 Å². The first-order valence-electron chi connectivity index (χ1n) is 6.27. The van der Waals surface area contributed by atoms with E-state index < -0.39 is 11.9 Å². The van der Waals surface area contributed by atoms with Gasteiger partial charge in [0.25, 0.3) is 0 Å². The number of benzene rings is 2. The monoisotopic (exact) mass is 356 g/mol. The largest absolute Gasteiger partial charge is 0.388 e. The van der Waals surface area contributed by atoms with Gasteiger partial charge in [-0.25, -0.2) is 4.39 Å². The second-order valence-electron chi connectivity index (χ2n) is 4.90. The summed E-state index contributed by atoms with van der Waals surface area (Å²) < 4.78 is 14.5. The van der Waals surface area contributed by atoms with E-state index >= 15 is 0 Å². The minimum Gasteiger partial charge on any atom is -0.388 e. The Balaban J connectivity index is 2.26. The molecule has 0 heterocycles. The van der Waals surface area contributed by atoms with Gasteiger partial charge in [-0.05, 0) is 52.5 Å². The predicted octanol–water partition coefficient (Wildman–Crippen LogP) is 5.13. The third kappa shape index (κ3) is 3.22. The lowest BCUT2D eigenvalue weighted by atomic mass is 9.98. The molecule has 0 radical (unpaired) electrons. The smallest absolute Gasteiger partial charge is 0.148 e. The highest BCUT2D eigenvalue weighted by Gasteiger charge is 2.17. The average molecular weight is 358 g/mol. The van der Waals surface area contributed by atoms with Gasteiger partial charge in [0.1, 0.15) is 5.82 Å². The lowest BCUT2D eigenvalue weighted by Crippen LogP contribution is -2.05. The standard InChI is InChI=1S/C16H15BrClFO/c1-9-3-4-11(7-10(9)2)8-14(20)12-5-6-13(17)15(18)16(12)19/h3-7,14,20H,8H2,1-2H3. The van der Waals surface area contributed by atoms with Crippen LogP contribution in [0.25, 0.3) is 0 Å². The SMILES string of the molecule is Cc1ccc(CC(O)c2ccc(Br)c(Cl)c2F)cc1C. The van der Waals surface area contributed by atoms with Crippen molar-refractivity contribution in [3.05, 3.63) is 67.9 Å². The molecule has 1 unspecified atom stereocenters. The molecule has 2 aromatic rings. The molecule has 0 saturated heterocycles. The molecule has 1 N–H and O–H groups in total. The Kier molecular flexibility index (Phi) is 4.84. The number of aliphatic hydroxyl groups is 1. The molecular formula is C16H15BrClFO. The zero-order valence-corrected chi connectivity index (χ0v) is 13.6. The van der Waals surface area contributed by atoms with Crippen molar-refractivity contribution in [2.75, 3.05) is 0 Å². The third-order valence-corrected chi connectivity index (χ3v) is 4.68. The molecule has 1 nitrogen and oxygen atoms in total. The molecule has 0 saturated carbocycles. The van der Waals surface area contributed by atoms with Gasteiger partial charge in [0.15, 0.2) is 0 Å². The fourth-order valence-electron chi connectivity index (χ4n) is 2.06. The van der Waals surface area contributed by atoms with Gasteiger partial charge in [-0.3, -0.25) is 0 Å². The fraction of sp³-hybridized carbons (Fsp3) is 0.250. The summed E-state index contributed by atoms with van der Waals surface area (Å²) in [6.07, 6.45) is -0.557. The number of aryl methyl sites for hydroxylation is 2. The van der Waals surface area contributed by atoms with Gasteiger partial charge < -0.3 is 5.11 Å². The van der Waals surface area contributed by atoms with Crippen molar-refractivity contribution in [1.82, 2.24) is 0 Å². The number of hydrogen-bond acceptors (Lipinski definition) is 1. The molecule has 0 fully saturated rings. The van der Waals surface area contributed by atoms with E-state index in [2.05, 4.69) is 15.9 Å².